The molecule has 1 heterocycles. The van der Waals surface area contributed by atoms with E-state index in [0.29, 0.717) is 5.92 Å². The van der Waals surface area contributed by atoms with E-state index in [9.17, 15) is 4.79 Å². The van der Waals surface area contributed by atoms with Gasteiger partial charge in [-0.3, -0.25) is 0 Å². The summed E-state index contributed by atoms with van der Waals surface area (Å²) in [6, 6.07) is 6.18. The Morgan fingerprint density at radius 1 is 1.30 bits per heavy atom. The molecule has 0 bridgehead atoms. The average molecular weight is 292 g/mol. The molecule has 0 radical (unpaired) electrons. The Hall–Kier alpha value is -1.15. The number of halogens is 1. The summed E-state index contributed by atoms with van der Waals surface area (Å²) in [4.78, 5) is 14.7. The van der Waals surface area contributed by atoms with Crippen LogP contribution >= 0.6 is 11.6 Å². The van der Waals surface area contributed by atoms with Gasteiger partial charge in [-0.15, -0.1) is 0 Å². The van der Waals surface area contributed by atoms with Crippen LogP contribution in [0, 0.1) is 0 Å². The highest BCUT2D eigenvalue weighted by Crippen LogP contribution is 2.46. The molecule has 1 saturated heterocycles. The van der Waals surface area contributed by atoms with E-state index in [1.54, 1.807) is 6.08 Å². The molecule has 1 saturated carbocycles. The van der Waals surface area contributed by atoms with Gasteiger partial charge in [-0.25, -0.2) is 4.79 Å². The zero-order chi connectivity index (χ0) is 14.0. The number of hydrogen-bond donors (Lipinski definition) is 0. The van der Waals surface area contributed by atoms with Crippen molar-refractivity contribution in [1.82, 2.24) is 0 Å². The van der Waals surface area contributed by atoms with Crippen molar-refractivity contribution < 1.29 is 9.53 Å². The zero-order valence-corrected chi connectivity index (χ0v) is 12.2. The Labute approximate surface area is 124 Å². The maximum Gasteiger partial charge on any atom is 0.235 e. The minimum atomic E-state index is -0.362. The van der Waals surface area contributed by atoms with Gasteiger partial charge >= 0.3 is 0 Å². The molecule has 0 aromatic heterocycles. The molecule has 0 atom stereocenters. The summed E-state index contributed by atoms with van der Waals surface area (Å²) in [6.07, 6.45) is 6.70. The van der Waals surface area contributed by atoms with Crippen molar-refractivity contribution in [3.8, 4) is 0 Å². The molecule has 0 N–H and O–H groups in total. The molecule has 2 aliphatic rings. The lowest BCUT2D eigenvalue weighted by Crippen LogP contribution is -2.31. The number of rotatable bonds is 3. The van der Waals surface area contributed by atoms with Gasteiger partial charge in [0.25, 0.3) is 0 Å². The first-order valence-electron chi connectivity index (χ1n) is 7.22. The number of hydrogen-bond acceptors (Lipinski definition) is 3. The molecule has 0 unspecified atom stereocenters. The summed E-state index contributed by atoms with van der Waals surface area (Å²) in [5.74, 6) is 0.484. The van der Waals surface area contributed by atoms with Crippen molar-refractivity contribution in [2.24, 2.45) is 4.99 Å². The van der Waals surface area contributed by atoms with Crippen LogP contribution in [-0.2, 0) is 15.1 Å². The van der Waals surface area contributed by atoms with E-state index < -0.39 is 0 Å². The minimum Gasteiger partial charge on any atom is -0.381 e. The molecule has 20 heavy (non-hydrogen) atoms. The first-order chi connectivity index (χ1) is 9.75. The van der Waals surface area contributed by atoms with Gasteiger partial charge in [-0.1, -0.05) is 23.7 Å². The van der Waals surface area contributed by atoms with Crippen molar-refractivity contribution in [2.75, 3.05) is 13.2 Å². The summed E-state index contributed by atoms with van der Waals surface area (Å²) < 4.78 is 5.40. The fourth-order valence-corrected chi connectivity index (χ4v) is 3.56. The van der Waals surface area contributed by atoms with Gasteiger partial charge in [-0.2, -0.15) is 4.99 Å². The van der Waals surface area contributed by atoms with E-state index in [1.165, 1.54) is 5.56 Å². The topological polar surface area (TPSA) is 38.7 Å². The number of isocyanates is 1. The van der Waals surface area contributed by atoms with E-state index in [4.69, 9.17) is 16.3 Å². The lowest BCUT2D eigenvalue weighted by molar-refractivity contribution is 0.0853. The van der Waals surface area contributed by atoms with Crippen LogP contribution in [0.25, 0.3) is 0 Å². The molecule has 3 rings (SSSR count). The molecule has 1 aromatic carbocycles. The summed E-state index contributed by atoms with van der Waals surface area (Å²) >= 11 is 6.47. The van der Waals surface area contributed by atoms with Gasteiger partial charge in [0.2, 0.25) is 6.08 Å². The van der Waals surface area contributed by atoms with Crippen LogP contribution in [0.15, 0.2) is 23.2 Å². The quantitative estimate of drug-likeness (QED) is 0.625. The summed E-state index contributed by atoms with van der Waals surface area (Å²) in [7, 11) is 0. The van der Waals surface area contributed by atoms with E-state index in [0.717, 1.165) is 55.9 Å². The summed E-state index contributed by atoms with van der Waals surface area (Å²) in [6.45, 7) is 1.62. The number of nitrogens with zero attached hydrogens (tertiary/aromatic N) is 1. The summed E-state index contributed by atoms with van der Waals surface area (Å²) in [5, 5.41) is 0.793. The van der Waals surface area contributed by atoms with Gasteiger partial charge in [0.15, 0.2) is 0 Å². The SMILES string of the molecule is O=C=NC1(c2ccc(C3CCOCC3)c(Cl)c2)CCC1. The van der Waals surface area contributed by atoms with Crippen molar-refractivity contribution >= 4 is 17.7 Å². The van der Waals surface area contributed by atoms with Gasteiger partial charge < -0.3 is 4.74 Å². The van der Waals surface area contributed by atoms with Crippen LogP contribution in [0.1, 0.15) is 49.1 Å². The molecule has 4 heteroatoms. The summed E-state index contributed by atoms with van der Waals surface area (Å²) in [5.41, 5.74) is 1.88. The van der Waals surface area contributed by atoms with Crippen LogP contribution < -0.4 is 0 Å². The maximum absolute atomic E-state index is 10.6. The first-order valence-corrected chi connectivity index (χ1v) is 7.60. The van der Waals surface area contributed by atoms with Crippen molar-refractivity contribution in [3.05, 3.63) is 34.3 Å². The monoisotopic (exact) mass is 291 g/mol. The number of carbonyl (C=O) groups excluding carboxylic acids is 1. The normalized spacial score (nSPS) is 21.9. The predicted molar refractivity (Wildman–Crippen MR) is 77.9 cm³/mol. The molecule has 0 spiro atoms. The second kappa shape index (κ2) is 5.69. The van der Waals surface area contributed by atoms with Gasteiger partial charge in [0.1, 0.15) is 0 Å². The molecule has 106 valence electrons. The van der Waals surface area contributed by atoms with Crippen LogP contribution in [0.5, 0.6) is 0 Å². The Bertz CT molecular complexity index is 541. The van der Waals surface area contributed by atoms with Crippen LogP contribution in [-0.4, -0.2) is 19.3 Å². The average Bonchev–Trinajstić information content (AvgIpc) is 2.44. The van der Waals surface area contributed by atoms with Crippen LogP contribution in [0.3, 0.4) is 0 Å². The molecule has 3 nitrogen and oxygen atoms in total. The fourth-order valence-electron chi connectivity index (χ4n) is 3.22. The highest BCUT2D eigenvalue weighted by molar-refractivity contribution is 6.31. The van der Waals surface area contributed by atoms with Gasteiger partial charge in [0, 0.05) is 18.2 Å². The highest BCUT2D eigenvalue weighted by Gasteiger charge is 2.39. The van der Waals surface area contributed by atoms with E-state index in [-0.39, 0.29) is 5.54 Å². The lowest BCUT2D eigenvalue weighted by atomic mass is 9.72. The predicted octanol–water partition coefficient (Wildman–Crippen LogP) is 3.95. The second-order valence-corrected chi connectivity index (χ2v) is 6.12. The maximum atomic E-state index is 10.6. The van der Waals surface area contributed by atoms with Crippen LogP contribution in [0.4, 0.5) is 0 Å². The van der Waals surface area contributed by atoms with Crippen LogP contribution in [0.2, 0.25) is 5.02 Å². The molecule has 0 amide bonds. The van der Waals surface area contributed by atoms with E-state index in [2.05, 4.69) is 17.1 Å². The first kappa shape index (κ1) is 13.8. The third-order valence-corrected chi connectivity index (χ3v) is 4.97. The molecular formula is C16H18ClNO2. The van der Waals surface area contributed by atoms with Crippen molar-refractivity contribution in [1.29, 1.82) is 0 Å². The second-order valence-electron chi connectivity index (χ2n) is 5.71. The number of benzene rings is 1. The van der Waals surface area contributed by atoms with Crippen molar-refractivity contribution in [3.63, 3.8) is 0 Å². The zero-order valence-electron chi connectivity index (χ0n) is 11.4. The Balaban J connectivity index is 1.89. The molecular weight excluding hydrogens is 274 g/mol. The fraction of sp³-hybridized carbons (Fsp3) is 0.562. The Morgan fingerprint density at radius 2 is 2.05 bits per heavy atom. The van der Waals surface area contributed by atoms with E-state index in [1.807, 2.05) is 6.07 Å². The number of ether oxygens (including phenoxy) is 1. The molecule has 2 fully saturated rings. The van der Waals surface area contributed by atoms with Gasteiger partial charge in [-0.05, 0) is 55.2 Å². The smallest absolute Gasteiger partial charge is 0.235 e. The Kier molecular flexibility index (Phi) is 3.93. The highest BCUT2D eigenvalue weighted by atomic mass is 35.5. The number of aliphatic imine (C=N–C) groups is 1. The van der Waals surface area contributed by atoms with Crippen molar-refractivity contribution in [2.45, 2.75) is 43.6 Å². The standard InChI is InChI=1S/C16H18ClNO2/c17-15-10-13(16(18-11-19)6-1-7-16)2-3-14(15)12-4-8-20-9-5-12/h2-3,10,12H,1,4-9H2. The minimum absolute atomic E-state index is 0.362. The lowest BCUT2D eigenvalue weighted by Gasteiger charge is -2.37. The van der Waals surface area contributed by atoms with E-state index >= 15 is 0 Å². The molecule has 1 aliphatic carbocycles. The third-order valence-electron chi connectivity index (χ3n) is 4.64. The largest absolute Gasteiger partial charge is 0.381 e. The molecule has 1 aromatic rings. The third kappa shape index (κ3) is 2.42. The Morgan fingerprint density at radius 3 is 2.60 bits per heavy atom. The molecule has 1 aliphatic heterocycles. The van der Waals surface area contributed by atoms with Gasteiger partial charge in [0.05, 0.1) is 5.54 Å².